The van der Waals surface area contributed by atoms with Crippen molar-refractivity contribution in [3.05, 3.63) is 0 Å². The summed E-state index contributed by atoms with van der Waals surface area (Å²) in [6.45, 7) is 0. The molecule has 0 N–H and O–H groups in total. The van der Waals surface area contributed by atoms with Gasteiger partial charge in [-0.15, -0.1) is 0 Å². The maximum absolute atomic E-state index is 13.5. The van der Waals surface area contributed by atoms with Crippen LogP contribution in [0.3, 0.4) is 0 Å². The maximum Gasteiger partial charge on any atom is 0.460 e. The van der Waals surface area contributed by atoms with Crippen molar-refractivity contribution in [3.8, 4) is 0 Å². The van der Waals surface area contributed by atoms with Gasteiger partial charge in [-0.25, -0.2) is 0 Å². The molecule has 0 radical (unpaired) electrons. The van der Waals surface area contributed by atoms with Crippen LogP contribution in [-0.2, 0) is 0 Å². The Hall–Kier alpha value is -1.12. The summed E-state index contributed by atoms with van der Waals surface area (Å²) in [4.78, 5) is 0. The predicted octanol–water partition coefficient (Wildman–Crippen LogP) is 7.77. The van der Waals surface area contributed by atoms with Crippen LogP contribution < -0.4 is 0 Å². The first-order valence-corrected chi connectivity index (χ1v) is 8.96. The molecule has 210 valence electrons. The number of rotatable bonds is 10. The maximum atomic E-state index is 13.5. The van der Waals surface area contributed by atoms with Gasteiger partial charge in [-0.3, -0.25) is 0 Å². The summed E-state index contributed by atoms with van der Waals surface area (Å²) < 4.78 is 275. The third-order valence-corrected chi connectivity index (χ3v) is 5.43. The van der Waals surface area contributed by atoms with Gasteiger partial charge in [0.05, 0.1) is 0 Å². The van der Waals surface area contributed by atoms with Gasteiger partial charge in [0.1, 0.15) is 0 Å². The molecule has 0 aromatic carbocycles. The highest BCUT2D eigenvalue weighted by Gasteiger charge is 2.97. The predicted molar refractivity (Wildman–Crippen MR) is 71.4 cm³/mol. The van der Waals surface area contributed by atoms with E-state index in [0.717, 1.165) is 0 Å². The fourth-order valence-electron chi connectivity index (χ4n) is 2.19. The second-order valence-electron chi connectivity index (χ2n) is 6.96. The molecule has 0 saturated carbocycles. The van der Waals surface area contributed by atoms with Crippen LogP contribution in [0.25, 0.3) is 0 Å². The summed E-state index contributed by atoms with van der Waals surface area (Å²) in [5, 5.41) is -1.69. The minimum Gasteiger partial charge on any atom is -0.200 e. The van der Waals surface area contributed by atoms with Gasteiger partial charge in [-0.2, -0.15) is 104 Å². The van der Waals surface area contributed by atoms with E-state index in [4.69, 9.17) is 0 Å². The van der Waals surface area contributed by atoms with Gasteiger partial charge in [0, 0.05) is 17.4 Å². The lowest BCUT2D eigenvalue weighted by Crippen LogP contribution is -2.76. The van der Waals surface area contributed by atoms with E-state index < -0.39 is 76.9 Å². The molecule has 0 nitrogen and oxygen atoms in total. The summed E-state index contributed by atoms with van der Waals surface area (Å²) in [7, 11) is 0. The number of hydrogen-bond acceptors (Lipinski definition) is 1. The molecule has 0 aromatic heterocycles. The first-order valence-electron chi connectivity index (χ1n) is 7.91. The number of hydrogen-bond donors (Lipinski definition) is 0. The van der Waals surface area contributed by atoms with Crippen molar-refractivity contribution in [2.24, 2.45) is 0 Å². The van der Waals surface area contributed by atoms with Crippen molar-refractivity contribution in [2.45, 2.75) is 71.1 Å². The monoisotopic (exact) mass is 592 g/mol. The second-order valence-corrected chi connectivity index (χ2v) is 8.29. The molecule has 0 aliphatic carbocycles. The lowest BCUT2D eigenvalue weighted by atomic mass is 9.85. The van der Waals surface area contributed by atoms with Gasteiger partial charge in [0.15, 0.2) is 0 Å². The smallest absolute Gasteiger partial charge is 0.200 e. The molecule has 1 unspecified atom stereocenters. The first kappa shape index (κ1) is 31.9. The van der Waals surface area contributed by atoms with Crippen LogP contribution in [0.15, 0.2) is 0 Å². The summed E-state index contributed by atoms with van der Waals surface area (Å²) >= 11 is 0.290. The van der Waals surface area contributed by atoms with Crippen LogP contribution in [-0.4, -0.2) is 70.5 Å². The molecule has 1 aliphatic heterocycles. The van der Waals surface area contributed by atoms with Crippen LogP contribution in [0.5, 0.6) is 0 Å². The van der Waals surface area contributed by atoms with E-state index >= 15 is 0 Å². The van der Waals surface area contributed by atoms with Crippen molar-refractivity contribution in [3.63, 3.8) is 0 Å². The summed E-state index contributed by atoms with van der Waals surface area (Å²) in [5.74, 6) is -76.6. The zero-order chi connectivity index (χ0) is 28.7. The van der Waals surface area contributed by atoms with Crippen LogP contribution >= 0.6 is 11.8 Å². The zero-order valence-electron chi connectivity index (χ0n) is 15.3. The average Bonchev–Trinajstić information content (AvgIpc) is 3.42. The minimum absolute atomic E-state index is 0.290. The standard InChI is InChI=1S/C13H5F21S/c14-4(15,1-3-2-35-3)5(16,17)6(18,19)7(20,21)8(22,23)9(24,25)10(26,27)11(28,29)12(30,31)13(32,33)34/h3H,1-2H2. The third-order valence-electron chi connectivity index (χ3n) is 4.46. The van der Waals surface area contributed by atoms with Crippen molar-refractivity contribution in [1.29, 1.82) is 0 Å². The first-order chi connectivity index (χ1) is 14.8. The van der Waals surface area contributed by atoms with E-state index in [1.165, 1.54) is 0 Å². The molecule has 1 fully saturated rings. The summed E-state index contributed by atoms with van der Waals surface area (Å²) in [6.07, 6.45) is -10.5. The van der Waals surface area contributed by atoms with Crippen molar-refractivity contribution in [1.82, 2.24) is 0 Å². The second kappa shape index (κ2) is 7.94. The van der Waals surface area contributed by atoms with Crippen molar-refractivity contribution < 1.29 is 92.2 Å². The number of halogens is 21. The molecule has 1 aliphatic rings. The van der Waals surface area contributed by atoms with E-state index in [-0.39, 0.29) is 0 Å². The van der Waals surface area contributed by atoms with E-state index in [0.29, 0.717) is 11.8 Å². The molecule has 1 heterocycles. The van der Waals surface area contributed by atoms with E-state index in [2.05, 4.69) is 0 Å². The Kier molecular flexibility index (Phi) is 7.24. The molecule has 22 heteroatoms. The Balaban J connectivity index is 3.68. The molecule has 1 atom stereocenters. The Morgan fingerprint density at radius 2 is 0.629 bits per heavy atom. The van der Waals surface area contributed by atoms with Gasteiger partial charge in [0.2, 0.25) is 0 Å². The lowest BCUT2D eigenvalue weighted by Gasteiger charge is -2.44. The van der Waals surface area contributed by atoms with Crippen LogP contribution in [0.4, 0.5) is 92.2 Å². The van der Waals surface area contributed by atoms with Crippen molar-refractivity contribution >= 4 is 11.8 Å². The molecule has 0 amide bonds. The van der Waals surface area contributed by atoms with Gasteiger partial charge in [0.25, 0.3) is 0 Å². The average molecular weight is 592 g/mol. The molecule has 35 heavy (non-hydrogen) atoms. The highest BCUT2D eigenvalue weighted by Crippen LogP contribution is 2.66. The molecule has 0 spiro atoms. The quantitative estimate of drug-likeness (QED) is 0.185. The largest absolute Gasteiger partial charge is 0.460 e. The molecule has 0 aromatic rings. The Morgan fingerprint density at radius 1 is 0.400 bits per heavy atom. The van der Waals surface area contributed by atoms with Gasteiger partial charge in [-0.05, 0) is 0 Å². The molecule has 1 saturated heterocycles. The Labute approximate surface area is 182 Å². The van der Waals surface area contributed by atoms with E-state index in [9.17, 15) is 92.2 Å². The highest BCUT2D eigenvalue weighted by atomic mass is 32.2. The number of alkyl halides is 21. The Bertz CT molecular complexity index is 788. The van der Waals surface area contributed by atoms with Gasteiger partial charge >= 0.3 is 59.5 Å². The van der Waals surface area contributed by atoms with Gasteiger partial charge < -0.3 is 0 Å². The zero-order valence-corrected chi connectivity index (χ0v) is 16.2. The van der Waals surface area contributed by atoms with E-state index in [1.54, 1.807) is 0 Å². The SMILES string of the molecule is FC(F)(F)C(F)(F)C(F)(F)C(F)(F)C(F)(F)C(F)(F)C(F)(F)C(F)(F)C(F)(F)C(F)(F)CC1CS1. The molecule has 0 bridgehead atoms. The van der Waals surface area contributed by atoms with Crippen LogP contribution in [0.1, 0.15) is 6.42 Å². The minimum atomic E-state index is -9.12. The fourth-order valence-corrected chi connectivity index (χ4v) is 2.77. The summed E-state index contributed by atoms with van der Waals surface area (Å²) in [5.41, 5.74) is 0. The van der Waals surface area contributed by atoms with Gasteiger partial charge in [-0.1, -0.05) is 0 Å². The Morgan fingerprint density at radius 3 is 0.857 bits per heavy atom. The molecular weight excluding hydrogens is 587 g/mol. The lowest BCUT2D eigenvalue weighted by molar-refractivity contribution is -0.474. The summed E-state index contributed by atoms with van der Waals surface area (Å²) in [6, 6.07) is 0. The van der Waals surface area contributed by atoms with Crippen molar-refractivity contribution in [2.75, 3.05) is 5.75 Å². The van der Waals surface area contributed by atoms with E-state index in [1.807, 2.05) is 0 Å². The van der Waals surface area contributed by atoms with Crippen LogP contribution in [0.2, 0.25) is 0 Å². The highest BCUT2D eigenvalue weighted by molar-refractivity contribution is 8.06. The topological polar surface area (TPSA) is 0 Å². The molecule has 1 rings (SSSR count). The normalized spacial score (nSPS) is 20.3. The van der Waals surface area contributed by atoms with Crippen LogP contribution in [0, 0.1) is 0 Å². The fraction of sp³-hybridized carbons (Fsp3) is 1.00. The third kappa shape index (κ3) is 4.06. The number of thioether (sulfide) groups is 1. The molecular formula is C13H5F21S.